The highest BCUT2D eigenvalue weighted by Crippen LogP contribution is 2.51. The van der Waals surface area contributed by atoms with E-state index in [-0.39, 0.29) is 31.5 Å². The fraction of sp³-hybridized carbons (Fsp3) is 0.619. The molecule has 1 amide bonds. The quantitative estimate of drug-likeness (QED) is 0.384. The molecule has 1 unspecified atom stereocenters. The molecule has 29 heavy (non-hydrogen) atoms. The van der Waals surface area contributed by atoms with Gasteiger partial charge in [-0.05, 0) is 37.7 Å². The zero-order chi connectivity index (χ0) is 21.3. The third-order valence-corrected chi connectivity index (χ3v) is 6.72. The summed E-state index contributed by atoms with van der Waals surface area (Å²) in [6.07, 6.45) is 4.93. The van der Waals surface area contributed by atoms with Crippen LogP contribution in [0.2, 0.25) is 0 Å². The summed E-state index contributed by atoms with van der Waals surface area (Å²) in [6.45, 7) is 2.25. The molecule has 1 aromatic carbocycles. The molecular weight excluding hydrogens is 393 g/mol. The Bertz CT molecular complexity index is 725. The number of nitrogens with zero attached hydrogens (tertiary/aromatic N) is 1. The third-order valence-electron chi connectivity index (χ3n) is 5.26. The van der Waals surface area contributed by atoms with Crippen LogP contribution in [0, 0.1) is 0 Å². The third kappa shape index (κ3) is 6.66. The summed E-state index contributed by atoms with van der Waals surface area (Å²) >= 11 is 0. The van der Waals surface area contributed by atoms with Crippen LogP contribution in [0.3, 0.4) is 0 Å². The molecule has 2 rings (SSSR count). The Morgan fingerprint density at radius 3 is 2.55 bits per heavy atom. The van der Waals surface area contributed by atoms with Crippen molar-refractivity contribution in [1.82, 2.24) is 4.90 Å². The van der Waals surface area contributed by atoms with Crippen LogP contribution in [0.15, 0.2) is 30.3 Å². The molecule has 1 saturated heterocycles. The van der Waals surface area contributed by atoms with Gasteiger partial charge in [0.05, 0.1) is 6.16 Å². The molecule has 0 saturated carbocycles. The molecule has 0 aliphatic carbocycles. The first-order valence-electron chi connectivity index (χ1n) is 10.4. The highest BCUT2D eigenvalue weighted by Gasteiger charge is 2.54. The molecular formula is C21H32NO6P. The van der Waals surface area contributed by atoms with Crippen LogP contribution in [0.5, 0.6) is 0 Å². The predicted octanol–water partition coefficient (Wildman–Crippen LogP) is 4.19. The fourth-order valence-corrected chi connectivity index (χ4v) is 5.16. The van der Waals surface area contributed by atoms with E-state index in [1.165, 1.54) is 0 Å². The van der Waals surface area contributed by atoms with Crippen molar-refractivity contribution in [2.24, 2.45) is 0 Å². The number of amides is 1. The molecule has 1 aromatic rings. The van der Waals surface area contributed by atoms with Gasteiger partial charge in [-0.2, -0.15) is 0 Å². The van der Waals surface area contributed by atoms with E-state index >= 15 is 0 Å². The van der Waals surface area contributed by atoms with Crippen LogP contribution in [-0.4, -0.2) is 45.2 Å². The summed E-state index contributed by atoms with van der Waals surface area (Å²) in [5, 5.41) is 9.79. The summed E-state index contributed by atoms with van der Waals surface area (Å²) in [6, 6.07) is 9.81. The lowest BCUT2D eigenvalue weighted by Crippen LogP contribution is -2.54. The number of unbranched alkanes of at least 4 members (excludes halogenated alkanes) is 3. The highest BCUT2D eigenvalue weighted by molar-refractivity contribution is 7.52. The maximum absolute atomic E-state index is 12.7. The summed E-state index contributed by atoms with van der Waals surface area (Å²) in [5.74, 6) is -1.71. The molecule has 162 valence electrons. The van der Waals surface area contributed by atoms with E-state index in [4.69, 9.17) is 4.52 Å². The molecule has 1 heterocycles. The van der Waals surface area contributed by atoms with E-state index in [0.717, 1.165) is 29.7 Å². The molecule has 1 aliphatic rings. The molecule has 1 aliphatic heterocycles. The van der Waals surface area contributed by atoms with Gasteiger partial charge in [-0.15, -0.1) is 0 Å². The average molecular weight is 425 g/mol. The standard InChI is InChI=1S/C21H32NO6P/c1-2-3-5-14-19(23)22-16-10-15-21(22,20(24)25)28-29(26,27)17-9-8-13-18-11-6-4-7-12-18/h4,6-7,11-12H,2-3,5,8-10,13-17H2,1H3,(H,24,25)(H,26,27)/t21-/m1/s1. The van der Waals surface area contributed by atoms with Crippen LogP contribution < -0.4 is 0 Å². The first-order chi connectivity index (χ1) is 13.8. The normalized spacial score (nSPS) is 21.1. The lowest BCUT2D eigenvalue weighted by atomic mass is 10.1. The van der Waals surface area contributed by atoms with Gasteiger partial charge >= 0.3 is 13.6 Å². The van der Waals surface area contributed by atoms with Crippen LogP contribution in [0.4, 0.5) is 0 Å². The lowest BCUT2D eigenvalue weighted by molar-refractivity contribution is -0.178. The van der Waals surface area contributed by atoms with Crippen molar-refractivity contribution in [2.75, 3.05) is 12.7 Å². The van der Waals surface area contributed by atoms with Crippen LogP contribution in [0.25, 0.3) is 0 Å². The van der Waals surface area contributed by atoms with Gasteiger partial charge in [-0.3, -0.25) is 13.9 Å². The zero-order valence-electron chi connectivity index (χ0n) is 17.1. The Labute approximate surface area is 172 Å². The Balaban J connectivity index is 1.96. The summed E-state index contributed by atoms with van der Waals surface area (Å²) in [4.78, 5) is 36.0. The van der Waals surface area contributed by atoms with Gasteiger partial charge in [0, 0.05) is 19.4 Å². The maximum Gasteiger partial charge on any atom is 0.358 e. The Morgan fingerprint density at radius 1 is 1.17 bits per heavy atom. The van der Waals surface area contributed by atoms with Crippen molar-refractivity contribution in [3.63, 3.8) is 0 Å². The number of hydrogen-bond acceptors (Lipinski definition) is 4. The number of benzene rings is 1. The van der Waals surface area contributed by atoms with Crippen molar-refractivity contribution in [3.8, 4) is 0 Å². The van der Waals surface area contributed by atoms with Gasteiger partial charge in [-0.25, -0.2) is 4.79 Å². The molecule has 0 aromatic heterocycles. The van der Waals surface area contributed by atoms with Crippen molar-refractivity contribution < 1.29 is 28.7 Å². The smallest absolute Gasteiger partial charge is 0.358 e. The van der Waals surface area contributed by atoms with Crippen molar-refractivity contribution in [2.45, 2.75) is 70.4 Å². The number of aliphatic carboxylic acids is 1. The summed E-state index contributed by atoms with van der Waals surface area (Å²) in [5.41, 5.74) is -0.893. The van der Waals surface area contributed by atoms with Crippen molar-refractivity contribution in [1.29, 1.82) is 0 Å². The minimum Gasteiger partial charge on any atom is -0.478 e. The number of hydrogen-bond donors (Lipinski definition) is 2. The monoisotopic (exact) mass is 425 g/mol. The van der Waals surface area contributed by atoms with Gasteiger partial charge in [0.2, 0.25) is 5.91 Å². The Morgan fingerprint density at radius 2 is 1.90 bits per heavy atom. The van der Waals surface area contributed by atoms with E-state index in [9.17, 15) is 24.2 Å². The molecule has 0 bridgehead atoms. The largest absolute Gasteiger partial charge is 0.478 e. The SMILES string of the molecule is CCCCCC(=O)N1CCC[C@@]1(OP(=O)(O)CCCCc1ccccc1)C(=O)O. The second-order valence-electron chi connectivity index (χ2n) is 7.59. The minimum atomic E-state index is -4.17. The predicted molar refractivity (Wildman–Crippen MR) is 111 cm³/mol. The Kier molecular flexibility index (Phi) is 8.87. The molecule has 0 spiro atoms. The highest BCUT2D eigenvalue weighted by atomic mass is 31.2. The minimum absolute atomic E-state index is 0.0242. The summed E-state index contributed by atoms with van der Waals surface area (Å²) in [7, 11) is -4.17. The number of carboxylic acid groups (broad SMARTS) is 1. The number of carbonyl (C=O) groups excluding carboxylic acids is 1. The number of carboxylic acids is 1. The number of rotatable bonds is 12. The van der Waals surface area contributed by atoms with Crippen LogP contribution >= 0.6 is 7.60 Å². The topological polar surface area (TPSA) is 104 Å². The number of aryl methyl sites for hydroxylation is 1. The lowest BCUT2D eigenvalue weighted by Gasteiger charge is -2.35. The van der Waals surface area contributed by atoms with E-state index < -0.39 is 19.3 Å². The molecule has 1 fully saturated rings. The zero-order valence-corrected chi connectivity index (χ0v) is 18.0. The molecule has 7 nitrogen and oxygen atoms in total. The second kappa shape index (κ2) is 10.9. The van der Waals surface area contributed by atoms with E-state index in [0.29, 0.717) is 25.7 Å². The summed E-state index contributed by atoms with van der Waals surface area (Å²) < 4.78 is 18.0. The van der Waals surface area contributed by atoms with Crippen molar-refractivity contribution in [3.05, 3.63) is 35.9 Å². The van der Waals surface area contributed by atoms with E-state index in [2.05, 4.69) is 0 Å². The van der Waals surface area contributed by atoms with Crippen LogP contribution in [0.1, 0.15) is 63.9 Å². The molecule has 0 radical (unpaired) electrons. The molecule has 8 heteroatoms. The number of likely N-dealkylation sites (tertiary alicyclic amines) is 1. The van der Waals surface area contributed by atoms with Gasteiger partial charge in [0.25, 0.3) is 5.72 Å². The maximum atomic E-state index is 12.7. The Hall–Kier alpha value is -1.69. The fourth-order valence-electron chi connectivity index (χ4n) is 3.70. The van der Waals surface area contributed by atoms with E-state index in [1.807, 2.05) is 37.3 Å². The second-order valence-corrected chi connectivity index (χ2v) is 9.50. The first-order valence-corrected chi connectivity index (χ1v) is 12.2. The van der Waals surface area contributed by atoms with Gasteiger partial charge < -0.3 is 14.9 Å². The van der Waals surface area contributed by atoms with Crippen molar-refractivity contribution >= 4 is 19.5 Å². The average Bonchev–Trinajstić information content (AvgIpc) is 3.10. The van der Waals surface area contributed by atoms with Gasteiger partial charge in [0.1, 0.15) is 0 Å². The number of carbonyl (C=O) groups is 2. The van der Waals surface area contributed by atoms with Gasteiger partial charge in [0.15, 0.2) is 0 Å². The first kappa shape index (κ1) is 23.6. The van der Waals surface area contributed by atoms with Gasteiger partial charge in [-0.1, -0.05) is 50.1 Å². The van der Waals surface area contributed by atoms with E-state index in [1.54, 1.807) is 0 Å². The molecule has 2 N–H and O–H groups in total. The molecule has 2 atom stereocenters. The van der Waals surface area contributed by atoms with Crippen LogP contribution in [-0.2, 0) is 25.1 Å².